The molecule has 3 rings (SSSR count). The second-order valence-electron chi connectivity index (χ2n) is 4.71. The Bertz CT molecular complexity index is 794. The van der Waals surface area contributed by atoms with Crippen molar-refractivity contribution in [3.8, 4) is 11.5 Å². The van der Waals surface area contributed by atoms with Crippen molar-refractivity contribution in [2.75, 3.05) is 23.2 Å². The molecule has 0 fully saturated rings. The summed E-state index contributed by atoms with van der Waals surface area (Å²) in [5.74, 6) is -0.558. The Morgan fingerprint density at radius 2 is 1.57 bits per heavy atom. The van der Waals surface area contributed by atoms with Gasteiger partial charge in [0.2, 0.25) is 6.79 Å². The van der Waals surface area contributed by atoms with Crippen molar-refractivity contribution in [2.24, 2.45) is 0 Å². The van der Waals surface area contributed by atoms with E-state index in [1.165, 1.54) is 12.1 Å². The molecule has 0 radical (unpaired) electrons. The van der Waals surface area contributed by atoms with Crippen LogP contribution in [0.2, 0.25) is 5.02 Å². The number of ether oxygens (including phenoxy) is 2. The first-order valence-electron chi connectivity index (χ1n) is 6.60. The number of benzene rings is 2. The highest BCUT2D eigenvalue weighted by molar-refractivity contribution is 6.43. The molecule has 0 aromatic heterocycles. The second kappa shape index (κ2) is 6.05. The molecule has 0 saturated heterocycles. The van der Waals surface area contributed by atoms with E-state index in [0.717, 1.165) is 0 Å². The molecule has 2 amide bonds. The number of amides is 2. The summed E-state index contributed by atoms with van der Waals surface area (Å²) < 4.78 is 10.4. The van der Waals surface area contributed by atoms with Gasteiger partial charge >= 0.3 is 11.8 Å². The quantitative estimate of drug-likeness (QED) is 0.577. The summed E-state index contributed by atoms with van der Waals surface area (Å²) in [7, 11) is 0. The lowest BCUT2D eigenvalue weighted by molar-refractivity contribution is -0.132. The number of carbonyl (C=O) groups is 2. The number of fused-ring (bicyclic) bond motifs is 1. The van der Waals surface area contributed by atoms with E-state index >= 15 is 0 Å². The number of carbonyl (C=O) groups excluding carboxylic acids is 2. The molecule has 2 aromatic carbocycles. The van der Waals surface area contributed by atoms with Crippen molar-refractivity contribution < 1.29 is 19.1 Å². The fraction of sp³-hybridized carbons (Fsp3) is 0.0667. The number of nitrogens with two attached hydrogens (primary N) is 1. The molecule has 0 aliphatic carbocycles. The molecule has 4 N–H and O–H groups in total. The third kappa shape index (κ3) is 3.29. The van der Waals surface area contributed by atoms with Crippen molar-refractivity contribution in [1.82, 2.24) is 0 Å². The monoisotopic (exact) mass is 333 g/mol. The van der Waals surface area contributed by atoms with Crippen LogP contribution in [0.3, 0.4) is 0 Å². The largest absolute Gasteiger partial charge is 0.454 e. The van der Waals surface area contributed by atoms with E-state index < -0.39 is 11.8 Å². The summed E-state index contributed by atoms with van der Waals surface area (Å²) >= 11 is 5.86. The third-order valence-corrected chi connectivity index (χ3v) is 3.42. The van der Waals surface area contributed by atoms with Crippen molar-refractivity contribution in [3.05, 3.63) is 41.4 Å². The molecule has 23 heavy (non-hydrogen) atoms. The van der Waals surface area contributed by atoms with Gasteiger partial charge in [-0.3, -0.25) is 9.59 Å². The van der Waals surface area contributed by atoms with Gasteiger partial charge in [-0.1, -0.05) is 11.6 Å². The van der Waals surface area contributed by atoms with Crippen LogP contribution in [0.5, 0.6) is 11.5 Å². The minimum Gasteiger partial charge on any atom is -0.454 e. The maximum Gasteiger partial charge on any atom is 0.314 e. The van der Waals surface area contributed by atoms with Crippen molar-refractivity contribution >= 4 is 40.5 Å². The van der Waals surface area contributed by atoms with Crippen LogP contribution in [0, 0.1) is 0 Å². The molecule has 0 saturated carbocycles. The number of hydrogen-bond donors (Lipinski definition) is 3. The minimum absolute atomic E-state index is 0.130. The highest BCUT2D eigenvalue weighted by Gasteiger charge is 2.17. The standard InChI is InChI=1S/C15H12ClN3O4/c16-10-5-8(1-3-11(10)17)18-14(20)15(21)19-9-2-4-12-13(6-9)23-7-22-12/h1-6H,7,17H2,(H,18,20)(H,19,21). The number of halogens is 1. The van der Waals surface area contributed by atoms with Crippen LogP contribution >= 0.6 is 11.6 Å². The average Bonchev–Trinajstić information content (AvgIpc) is 2.98. The zero-order chi connectivity index (χ0) is 16.4. The molecule has 0 bridgehead atoms. The molecular formula is C15H12ClN3O4. The summed E-state index contributed by atoms with van der Waals surface area (Å²) in [6.45, 7) is 0.130. The van der Waals surface area contributed by atoms with E-state index in [9.17, 15) is 9.59 Å². The zero-order valence-electron chi connectivity index (χ0n) is 11.8. The van der Waals surface area contributed by atoms with Crippen LogP contribution in [0.4, 0.5) is 17.1 Å². The average molecular weight is 334 g/mol. The molecule has 8 heteroatoms. The maximum absolute atomic E-state index is 11.9. The summed E-state index contributed by atoms with van der Waals surface area (Å²) in [6.07, 6.45) is 0. The fourth-order valence-corrected chi connectivity index (χ4v) is 2.14. The first-order valence-corrected chi connectivity index (χ1v) is 6.98. The van der Waals surface area contributed by atoms with Gasteiger partial charge in [-0.05, 0) is 30.3 Å². The number of rotatable bonds is 2. The topological polar surface area (TPSA) is 103 Å². The lowest BCUT2D eigenvalue weighted by Gasteiger charge is -2.08. The van der Waals surface area contributed by atoms with E-state index in [0.29, 0.717) is 33.6 Å². The maximum atomic E-state index is 11.9. The van der Waals surface area contributed by atoms with Crippen molar-refractivity contribution in [1.29, 1.82) is 0 Å². The Hall–Kier alpha value is -2.93. The molecule has 1 heterocycles. The third-order valence-electron chi connectivity index (χ3n) is 3.09. The van der Waals surface area contributed by atoms with Crippen LogP contribution in [0.15, 0.2) is 36.4 Å². The first-order chi connectivity index (χ1) is 11.0. The lowest BCUT2D eigenvalue weighted by atomic mass is 10.2. The van der Waals surface area contributed by atoms with Gasteiger partial charge in [0.05, 0.1) is 10.7 Å². The van der Waals surface area contributed by atoms with Crippen LogP contribution in [0.25, 0.3) is 0 Å². The molecular weight excluding hydrogens is 322 g/mol. The fourth-order valence-electron chi connectivity index (χ4n) is 1.95. The molecule has 7 nitrogen and oxygen atoms in total. The second-order valence-corrected chi connectivity index (χ2v) is 5.12. The number of hydrogen-bond acceptors (Lipinski definition) is 5. The van der Waals surface area contributed by atoms with Gasteiger partial charge in [0.25, 0.3) is 0 Å². The summed E-state index contributed by atoms with van der Waals surface area (Å²) in [6, 6.07) is 9.38. The van der Waals surface area contributed by atoms with Crippen LogP contribution in [-0.2, 0) is 9.59 Å². The summed E-state index contributed by atoms with van der Waals surface area (Å²) in [5.41, 5.74) is 6.76. The number of nitrogens with one attached hydrogen (secondary N) is 2. The zero-order valence-corrected chi connectivity index (χ0v) is 12.5. The smallest absolute Gasteiger partial charge is 0.314 e. The molecule has 118 valence electrons. The SMILES string of the molecule is Nc1ccc(NC(=O)C(=O)Nc2ccc3c(c2)OCO3)cc1Cl. The van der Waals surface area contributed by atoms with E-state index in [4.69, 9.17) is 26.8 Å². The van der Waals surface area contributed by atoms with Gasteiger partial charge in [-0.2, -0.15) is 0 Å². The number of anilines is 3. The predicted molar refractivity (Wildman–Crippen MR) is 85.7 cm³/mol. The Labute approximate surface area is 136 Å². The van der Waals surface area contributed by atoms with Crippen LogP contribution < -0.4 is 25.8 Å². The van der Waals surface area contributed by atoms with Gasteiger partial charge in [0.15, 0.2) is 11.5 Å². The van der Waals surface area contributed by atoms with E-state index in [1.807, 2.05) is 0 Å². The highest BCUT2D eigenvalue weighted by atomic mass is 35.5. The Kier molecular flexibility index (Phi) is 3.94. The van der Waals surface area contributed by atoms with E-state index in [-0.39, 0.29) is 6.79 Å². The normalized spacial score (nSPS) is 11.9. The Morgan fingerprint density at radius 1 is 0.957 bits per heavy atom. The minimum atomic E-state index is -0.830. The Morgan fingerprint density at radius 3 is 2.26 bits per heavy atom. The van der Waals surface area contributed by atoms with E-state index in [2.05, 4.69) is 10.6 Å². The molecule has 0 atom stereocenters. The molecule has 2 aromatic rings. The van der Waals surface area contributed by atoms with Gasteiger partial charge in [0, 0.05) is 17.4 Å². The highest BCUT2D eigenvalue weighted by Crippen LogP contribution is 2.34. The summed E-state index contributed by atoms with van der Waals surface area (Å²) in [4.78, 5) is 23.8. The summed E-state index contributed by atoms with van der Waals surface area (Å²) in [5, 5.41) is 5.20. The lowest BCUT2D eigenvalue weighted by Crippen LogP contribution is -2.29. The molecule has 1 aliphatic rings. The van der Waals surface area contributed by atoms with Crippen molar-refractivity contribution in [3.63, 3.8) is 0 Å². The predicted octanol–water partition coefficient (Wildman–Crippen LogP) is 2.23. The van der Waals surface area contributed by atoms with Crippen molar-refractivity contribution in [2.45, 2.75) is 0 Å². The van der Waals surface area contributed by atoms with E-state index in [1.54, 1.807) is 24.3 Å². The molecule has 0 spiro atoms. The van der Waals surface area contributed by atoms with Gasteiger partial charge in [0.1, 0.15) is 0 Å². The van der Waals surface area contributed by atoms with Crippen LogP contribution in [-0.4, -0.2) is 18.6 Å². The van der Waals surface area contributed by atoms with Gasteiger partial charge in [-0.25, -0.2) is 0 Å². The number of nitrogen functional groups attached to an aromatic ring is 1. The first kappa shape index (κ1) is 15.0. The van der Waals surface area contributed by atoms with Gasteiger partial charge in [-0.15, -0.1) is 0 Å². The van der Waals surface area contributed by atoms with Gasteiger partial charge < -0.3 is 25.8 Å². The molecule has 1 aliphatic heterocycles. The molecule has 0 unspecified atom stereocenters. The Balaban J connectivity index is 1.65. The van der Waals surface area contributed by atoms with Crippen LogP contribution in [0.1, 0.15) is 0 Å².